The Kier molecular flexibility index (Phi) is 3.75. The first kappa shape index (κ1) is 16.4. The lowest BCUT2D eigenvalue weighted by Crippen LogP contribution is -2.31. The maximum atomic E-state index is 12.9. The van der Waals surface area contributed by atoms with E-state index >= 15 is 0 Å². The minimum Gasteiger partial charge on any atom is -0.481 e. The fourth-order valence-corrected chi connectivity index (χ4v) is 2.54. The van der Waals surface area contributed by atoms with Gasteiger partial charge in [-0.3, -0.25) is 4.79 Å². The second kappa shape index (κ2) is 5.04. The summed E-state index contributed by atoms with van der Waals surface area (Å²) in [5, 5.41) is 10.0. The predicted octanol–water partition coefficient (Wildman–Crippen LogP) is 4.60. The van der Waals surface area contributed by atoms with Crippen molar-refractivity contribution in [3.8, 4) is 0 Å². The van der Waals surface area contributed by atoms with E-state index in [4.69, 9.17) is 0 Å². The number of rotatable bonds is 3. The Morgan fingerprint density at radius 3 is 2.23 bits per heavy atom. The minimum absolute atomic E-state index is 0.158. The van der Waals surface area contributed by atoms with Gasteiger partial charge in [0, 0.05) is 17.3 Å². The number of alkyl halides is 3. The molecule has 1 aromatic carbocycles. The predicted molar refractivity (Wildman–Crippen MR) is 78.0 cm³/mol. The van der Waals surface area contributed by atoms with Crippen LogP contribution in [0.4, 0.5) is 13.2 Å². The number of hydrogen-bond donors (Lipinski definition) is 1. The molecule has 3 nitrogen and oxygen atoms in total. The highest BCUT2D eigenvalue weighted by molar-refractivity contribution is 5.87. The largest absolute Gasteiger partial charge is 0.481 e. The van der Waals surface area contributed by atoms with E-state index in [9.17, 15) is 23.1 Å². The third kappa shape index (κ3) is 2.58. The maximum Gasteiger partial charge on any atom is 0.416 e. The molecule has 0 bridgehead atoms. The Bertz CT molecular complexity index is 727. The van der Waals surface area contributed by atoms with E-state index in [1.165, 1.54) is 6.07 Å². The van der Waals surface area contributed by atoms with Gasteiger partial charge >= 0.3 is 12.1 Å². The Balaban J connectivity index is 2.80. The van der Waals surface area contributed by atoms with Crippen LogP contribution in [0.1, 0.15) is 45.0 Å². The average Bonchev–Trinajstić information content (AvgIpc) is 2.76. The van der Waals surface area contributed by atoms with Gasteiger partial charge in [-0.1, -0.05) is 6.07 Å². The van der Waals surface area contributed by atoms with Crippen molar-refractivity contribution in [1.29, 1.82) is 0 Å². The van der Waals surface area contributed by atoms with Gasteiger partial charge in [0.2, 0.25) is 0 Å². The quantitative estimate of drug-likeness (QED) is 0.899. The van der Waals surface area contributed by atoms with Crippen molar-refractivity contribution in [3.05, 3.63) is 35.5 Å². The summed E-state index contributed by atoms with van der Waals surface area (Å²) in [7, 11) is 0. The number of carboxylic acid groups (broad SMARTS) is 1. The third-order valence-corrected chi connectivity index (χ3v) is 3.86. The second-order valence-electron chi connectivity index (χ2n) is 6.19. The molecular weight excluding hydrogens is 295 g/mol. The molecule has 0 aliphatic heterocycles. The first-order valence-electron chi connectivity index (χ1n) is 6.92. The summed E-state index contributed by atoms with van der Waals surface area (Å²) < 4.78 is 40.4. The van der Waals surface area contributed by atoms with Crippen molar-refractivity contribution in [3.63, 3.8) is 0 Å². The van der Waals surface area contributed by atoms with Crippen LogP contribution in [0.2, 0.25) is 0 Å². The summed E-state index contributed by atoms with van der Waals surface area (Å²) in [5.41, 5.74) is -1.04. The summed E-state index contributed by atoms with van der Waals surface area (Å²) in [5.74, 6) is -1.02. The van der Waals surface area contributed by atoms with Crippen molar-refractivity contribution in [2.45, 2.75) is 45.3 Å². The van der Waals surface area contributed by atoms with Crippen LogP contribution in [0.5, 0.6) is 0 Å². The van der Waals surface area contributed by atoms with Gasteiger partial charge in [-0.05, 0) is 51.3 Å². The van der Waals surface area contributed by atoms with Gasteiger partial charge in [0.25, 0.3) is 0 Å². The number of halogens is 3. The summed E-state index contributed by atoms with van der Waals surface area (Å²) >= 11 is 0. The van der Waals surface area contributed by atoms with Crippen LogP contribution in [-0.2, 0) is 16.4 Å². The molecule has 0 unspecified atom stereocenters. The van der Waals surface area contributed by atoms with Gasteiger partial charge in [0.1, 0.15) is 5.41 Å². The maximum absolute atomic E-state index is 12.9. The van der Waals surface area contributed by atoms with Crippen molar-refractivity contribution in [1.82, 2.24) is 4.57 Å². The van der Waals surface area contributed by atoms with Crippen LogP contribution in [0.25, 0.3) is 10.9 Å². The highest BCUT2D eigenvalue weighted by Crippen LogP contribution is 2.36. The lowest BCUT2D eigenvalue weighted by atomic mass is 9.89. The smallest absolute Gasteiger partial charge is 0.416 e. The molecule has 0 radical (unpaired) electrons. The number of aromatic nitrogens is 1. The number of carboxylic acids is 1. The van der Waals surface area contributed by atoms with E-state index in [0.717, 1.165) is 12.1 Å². The standard InChI is InChI=1S/C16H18F3NO2/c1-9(2)20-12-8-11(16(17,18)19)6-5-10(12)7-13(20)15(3,4)14(21)22/h5-9H,1-4H3,(H,21,22). The van der Waals surface area contributed by atoms with E-state index in [-0.39, 0.29) is 6.04 Å². The Morgan fingerprint density at radius 1 is 1.18 bits per heavy atom. The molecule has 22 heavy (non-hydrogen) atoms. The first-order valence-corrected chi connectivity index (χ1v) is 6.92. The highest BCUT2D eigenvalue weighted by atomic mass is 19.4. The molecule has 1 N–H and O–H groups in total. The molecule has 2 rings (SSSR count). The molecule has 0 aliphatic rings. The monoisotopic (exact) mass is 313 g/mol. The summed E-state index contributed by atoms with van der Waals surface area (Å²) in [6, 6.07) is 4.98. The molecule has 0 fully saturated rings. The topological polar surface area (TPSA) is 42.2 Å². The van der Waals surface area contributed by atoms with Gasteiger partial charge in [0.15, 0.2) is 0 Å². The van der Waals surface area contributed by atoms with Crippen molar-refractivity contribution in [2.75, 3.05) is 0 Å². The van der Waals surface area contributed by atoms with Crippen LogP contribution >= 0.6 is 0 Å². The molecule has 0 aliphatic carbocycles. The van der Waals surface area contributed by atoms with Gasteiger partial charge < -0.3 is 9.67 Å². The fraction of sp³-hybridized carbons (Fsp3) is 0.438. The Labute approximate surface area is 126 Å². The zero-order chi connectivity index (χ0) is 16.9. The average molecular weight is 313 g/mol. The van der Waals surface area contributed by atoms with Crippen LogP contribution < -0.4 is 0 Å². The fourth-order valence-electron chi connectivity index (χ4n) is 2.54. The lowest BCUT2D eigenvalue weighted by molar-refractivity contribution is -0.142. The van der Waals surface area contributed by atoms with E-state index in [1.807, 2.05) is 13.8 Å². The van der Waals surface area contributed by atoms with Crippen molar-refractivity contribution < 1.29 is 23.1 Å². The van der Waals surface area contributed by atoms with Crippen LogP contribution in [0, 0.1) is 0 Å². The second-order valence-corrected chi connectivity index (χ2v) is 6.19. The van der Waals surface area contributed by atoms with Crippen LogP contribution in [0.15, 0.2) is 24.3 Å². The molecule has 120 valence electrons. The Hall–Kier alpha value is -1.98. The zero-order valence-electron chi connectivity index (χ0n) is 12.8. The molecular formula is C16H18F3NO2. The van der Waals surface area contributed by atoms with Gasteiger partial charge in [-0.25, -0.2) is 0 Å². The third-order valence-electron chi connectivity index (χ3n) is 3.86. The normalized spacial score (nSPS) is 13.1. The number of aliphatic carboxylic acids is 1. The number of fused-ring (bicyclic) bond motifs is 1. The summed E-state index contributed by atoms with van der Waals surface area (Å²) in [4.78, 5) is 11.5. The van der Waals surface area contributed by atoms with E-state index in [1.54, 1.807) is 24.5 Å². The Morgan fingerprint density at radius 2 is 1.77 bits per heavy atom. The lowest BCUT2D eigenvalue weighted by Gasteiger charge is -2.24. The molecule has 0 spiro atoms. The molecule has 1 heterocycles. The minimum atomic E-state index is -4.43. The molecule has 6 heteroatoms. The summed E-state index contributed by atoms with van der Waals surface area (Å²) in [6.45, 7) is 6.74. The van der Waals surface area contributed by atoms with Gasteiger partial charge in [0.05, 0.1) is 5.56 Å². The number of nitrogens with zero attached hydrogens (tertiary/aromatic N) is 1. The number of carbonyl (C=O) groups is 1. The van der Waals surface area contributed by atoms with Crippen LogP contribution in [-0.4, -0.2) is 15.6 Å². The number of hydrogen-bond acceptors (Lipinski definition) is 1. The highest BCUT2D eigenvalue weighted by Gasteiger charge is 2.35. The molecule has 0 saturated heterocycles. The van der Waals surface area contributed by atoms with E-state index in [0.29, 0.717) is 16.6 Å². The SMILES string of the molecule is CC(C)n1c(C(C)(C)C(=O)O)cc2ccc(C(F)(F)F)cc21. The molecule has 0 atom stereocenters. The first-order chi connectivity index (χ1) is 9.96. The van der Waals surface area contributed by atoms with Gasteiger partial charge in [-0.15, -0.1) is 0 Å². The van der Waals surface area contributed by atoms with E-state index in [2.05, 4.69) is 0 Å². The molecule has 1 aromatic heterocycles. The number of benzene rings is 1. The summed E-state index contributed by atoms with van der Waals surface area (Å²) in [6.07, 6.45) is -4.43. The van der Waals surface area contributed by atoms with Crippen molar-refractivity contribution in [2.24, 2.45) is 0 Å². The van der Waals surface area contributed by atoms with Crippen molar-refractivity contribution >= 4 is 16.9 Å². The molecule has 0 saturated carbocycles. The zero-order valence-corrected chi connectivity index (χ0v) is 12.8. The van der Waals surface area contributed by atoms with Gasteiger partial charge in [-0.2, -0.15) is 13.2 Å². The van der Waals surface area contributed by atoms with Crippen LogP contribution in [0.3, 0.4) is 0 Å². The molecule has 0 amide bonds. The molecule has 2 aromatic rings. The van der Waals surface area contributed by atoms with E-state index < -0.39 is 23.1 Å².